The van der Waals surface area contributed by atoms with Crippen LogP contribution in [0.1, 0.15) is 54.2 Å². The molecule has 1 heterocycles. The van der Waals surface area contributed by atoms with E-state index >= 15 is 0 Å². The lowest BCUT2D eigenvalue weighted by Crippen LogP contribution is -2.41. The summed E-state index contributed by atoms with van der Waals surface area (Å²) in [5.41, 5.74) is 9.03. The molecule has 1 aliphatic rings. The number of nitrogens with one attached hydrogen (secondary N) is 3. The first kappa shape index (κ1) is 25.8. The number of rotatable bonds is 8. The summed E-state index contributed by atoms with van der Waals surface area (Å²) in [6.45, 7) is 6.43. The lowest BCUT2D eigenvalue weighted by molar-refractivity contribution is 0.0917. The zero-order chi connectivity index (χ0) is 25.7. The first-order chi connectivity index (χ1) is 17.4. The number of hydrogen-bond acceptors (Lipinski definition) is 4. The van der Waals surface area contributed by atoms with Crippen LogP contribution in [0.3, 0.4) is 0 Å². The molecule has 1 aliphatic carbocycles. The summed E-state index contributed by atoms with van der Waals surface area (Å²) in [5.74, 6) is -0.0566. The van der Waals surface area contributed by atoms with E-state index < -0.39 is 0 Å². The van der Waals surface area contributed by atoms with E-state index in [1.807, 2.05) is 47.9 Å². The fraction of sp³-hybridized carbons (Fsp3) is 0.310. The van der Waals surface area contributed by atoms with Crippen LogP contribution in [0.15, 0.2) is 55.1 Å². The van der Waals surface area contributed by atoms with Gasteiger partial charge in [-0.2, -0.15) is 0 Å². The number of aromatic nitrogens is 1. The second kappa shape index (κ2) is 11.6. The van der Waals surface area contributed by atoms with Crippen LogP contribution in [0, 0.1) is 5.41 Å². The number of nitrogen functional groups attached to an aromatic ring is 1. The highest BCUT2D eigenvalue weighted by molar-refractivity contribution is 7.96. The van der Waals surface area contributed by atoms with Crippen molar-refractivity contribution in [3.8, 4) is 0 Å². The molecule has 0 aliphatic heterocycles. The van der Waals surface area contributed by atoms with Crippen molar-refractivity contribution < 1.29 is 4.79 Å². The molecule has 0 spiro atoms. The number of amides is 1. The van der Waals surface area contributed by atoms with Gasteiger partial charge in [-0.1, -0.05) is 67.1 Å². The molecule has 4 rings (SSSR count). The Morgan fingerprint density at radius 3 is 2.61 bits per heavy atom. The Bertz CT molecular complexity index is 1400. The third kappa shape index (κ3) is 5.58. The molecule has 1 amide bonds. The Morgan fingerprint density at radius 1 is 1.19 bits per heavy atom. The molecule has 0 bridgehead atoms. The molecule has 7 heteroatoms. The van der Waals surface area contributed by atoms with Crippen molar-refractivity contribution in [2.45, 2.75) is 51.2 Å². The molecule has 6 nitrogen and oxygen atoms in total. The van der Waals surface area contributed by atoms with Crippen LogP contribution in [0.2, 0.25) is 0 Å². The van der Waals surface area contributed by atoms with Crippen molar-refractivity contribution in [3.63, 3.8) is 0 Å². The Kier molecular flexibility index (Phi) is 8.33. The number of fused-ring (bicyclic) bond motifs is 1. The van der Waals surface area contributed by atoms with Crippen LogP contribution in [0.4, 0.5) is 0 Å². The molecule has 0 unspecified atom stereocenters. The van der Waals surface area contributed by atoms with Crippen LogP contribution in [0.25, 0.3) is 23.1 Å². The second-order valence-electron chi connectivity index (χ2n) is 9.26. The number of carbonyl (C=O) groups is 1. The van der Waals surface area contributed by atoms with Crippen LogP contribution in [0.5, 0.6) is 0 Å². The molecule has 2 aromatic carbocycles. The third-order valence-corrected chi connectivity index (χ3v) is 7.52. The average Bonchev–Trinajstić information content (AvgIpc) is 3.24. The number of amidine groups is 1. The zero-order valence-corrected chi connectivity index (χ0v) is 21.8. The summed E-state index contributed by atoms with van der Waals surface area (Å²) >= 11 is 1.66. The molecule has 0 atom stereocenters. The van der Waals surface area contributed by atoms with Crippen molar-refractivity contribution in [3.05, 3.63) is 82.4 Å². The predicted octanol–water partition coefficient (Wildman–Crippen LogP) is 3.65. The Morgan fingerprint density at radius 2 is 1.94 bits per heavy atom. The van der Waals surface area contributed by atoms with Crippen LogP contribution >= 0.6 is 11.9 Å². The van der Waals surface area contributed by atoms with E-state index in [-0.39, 0.29) is 17.8 Å². The number of hydrogen-bond donors (Lipinski definition) is 4. The zero-order valence-electron chi connectivity index (χ0n) is 21.0. The maximum atomic E-state index is 13.6. The molecule has 5 N–H and O–H groups in total. The van der Waals surface area contributed by atoms with Gasteiger partial charge in [-0.15, -0.1) is 0 Å². The van der Waals surface area contributed by atoms with Gasteiger partial charge < -0.3 is 15.6 Å². The van der Waals surface area contributed by atoms with Crippen molar-refractivity contribution in [1.82, 2.24) is 14.6 Å². The average molecular weight is 502 g/mol. The summed E-state index contributed by atoms with van der Waals surface area (Å²) in [4.78, 5) is 13.6. The molecule has 1 saturated carbocycles. The van der Waals surface area contributed by atoms with Gasteiger partial charge >= 0.3 is 0 Å². The topological polar surface area (TPSA) is 95.9 Å². The highest BCUT2D eigenvalue weighted by Gasteiger charge is 2.24. The lowest BCUT2D eigenvalue weighted by Gasteiger charge is -2.29. The van der Waals surface area contributed by atoms with E-state index in [1.165, 1.54) is 0 Å². The molecule has 0 saturated heterocycles. The van der Waals surface area contributed by atoms with Crippen LogP contribution < -0.4 is 26.2 Å². The largest absolute Gasteiger partial charge is 0.384 e. The maximum absolute atomic E-state index is 13.6. The second-order valence-corrected chi connectivity index (χ2v) is 9.90. The van der Waals surface area contributed by atoms with Crippen LogP contribution in [-0.4, -0.2) is 34.6 Å². The Labute approximate surface area is 217 Å². The number of benzene rings is 2. The molecule has 188 valence electrons. The summed E-state index contributed by atoms with van der Waals surface area (Å²) in [5, 5.41) is 14.4. The molecular weight excluding hydrogens is 466 g/mol. The quantitative estimate of drug-likeness (QED) is 0.215. The smallest absolute Gasteiger partial charge is 0.268 e. The fourth-order valence-corrected chi connectivity index (χ4v) is 5.65. The number of nitrogens with two attached hydrogens (primary N) is 1. The maximum Gasteiger partial charge on any atom is 0.268 e. The molecule has 1 fully saturated rings. The number of allylic oxidation sites excluding steroid dienone is 1. The highest BCUT2D eigenvalue weighted by Crippen LogP contribution is 2.24. The Balaban J connectivity index is 1.74. The minimum atomic E-state index is -0.0655. The number of carbonyl (C=O) groups excluding carboxylic acids is 1. The van der Waals surface area contributed by atoms with E-state index in [1.54, 1.807) is 18.0 Å². The van der Waals surface area contributed by atoms with E-state index in [0.29, 0.717) is 23.8 Å². The predicted molar refractivity (Wildman–Crippen MR) is 153 cm³/mol. The molecule has 36 heavy (non-hydrogen) atoms. The first-order valence-electron chi connectivity index (χ1n) is 12.4. The van der Waals surface area contributed by atoms with E-state index in [4.69, 9.17) is 11.1 Å². The first-order valence-corrected chi connectivity index (χ1v) is 13.6. The molecule has 0 radical (unpaired) electrons. The third-order valence-electron chi connectivity index (χ3n) is 6.95. The Hall–Kier alpha value is -3.29. The van der Waals surface area contributed by atoms with Crippen molar-refractivity contribution in [2.24, 2.45) is 5.73 Å². The van der Waals surface area contributed by atoms with Gasteiger partial charge in [0.2, 0.25) is 0 Å². The summed E-state index contributed by atoms with van der Waals surface area (Å²) in [6, 6.07) is 14.5. The van der Waals surface area contributed by atoms with Gasteiger partial charge in [0, 0.05) is 35.1 Å². The molecular formula is C29H35N5OS. The number of nitrogens with zero attached hydrogens (tertiary/aromatic N) is 1. The van der Waals surface area contributed by atoms with E-state index in [2.05, 4.69) is 41.1 Å². The standard InChI is InChI=1S/C29H35N5OS/c1-4-7-25-19(5-2)8-6-9-22(25)18-34-26-17-21(28(30)31)11-10-20(26)16-27(34)29(35)32-23-12-14-24(15-13-23)33-36-3/h4-11,16-17,23-24,33H,1,12-15,18H2,2-3H3,(H3,30,31)(H,32,35)/b19-5-,25-7+. The minimum Gasteiger partial charge on any atom is -0.384 e. The summed E-state index contributed by atoms with van der Waals surface area (Å²) in [7, 11) is 0. The van der Waals surface area contributed by atoms with Gasteiger partial charge in [-0.05, 0) is 67.0 Å². The van der Waals surface area contributed by atoms with Crippen molar-refractivity contribution in [1.29, 1.82) is 5.41 Å². The van der Waals surface area contributed by atoms with E-state index in [9.17, 15) is 4.79 Å². The fourth-order valence-electron chi connectivity index (χ4n) is 5.08. The lowest BCUT2D eigenvalue weighted by atomic mass is 9.92. The normalized spacial score (nSPS) is 18.9. The monoisotopic (exact) mass is 501 g/mol. The summed E-state index contributed by atoms with van der Waals surface area (Å²) < 4.78 is 5.49. The van der Waals surface area contributed by atoms with Gasteiger partial charge in [0.1, 0.15) is 11.5 Å². The van der Waals surface area contributed by atoms with Gasteiger partial charge in [-0.25, -0.2) is 0 Å². The molecule has 3 aromatic rings. The van der Waals surface area contributed by atoms with Crippen molar-refractivity contribution >= 4 is 46.7 Å². The minimum absolute atomic E-state index is 0.00882. The molecule has 1 aromatic heterocycles. The van der Waals surface area contributed by atoms with Gasteiger partial charge in [0.15, 0.2) is 0 Å². The van der Waals surface area contributed by atoms with Crippen molar-refractivity contribution in [2.75, 3.05) is 6.26 Å². The highest BCUT2D eigenvalue weighted by atomic mass is 32.2. The van der Waals surface area contributed by atoms with Gasteiger partial charge in [-0.3, -0.25) is 14.9 Å². The van der Waals surface area contributed by atoms with E-state index in [0.717, 1.165) is 52.6 Å². The van der Waals surface area contributed by atoms with Gasteiger partial charge in [0.25, 0.3) is 5.91 Å². The van der Waals surface area contributed by atoms with Gasteiger partial charge in [0.05, 0.1) is 0 Å². The summed E-state index contributed by atoms with van der Waals surface area (Å²) in [6.07, 6.45) is 12.0. The SMILES string of the molecule is C=C/C=c1/c(Cn2c(C(=O)NC3CCC(NSC)CC3)cc3ccc(C(=N)N)cc32)ccc/c1=C/C. The van der Waals surface area contributed by atoms with Crippen LogP contribution in [-0.2, 0) is 6.54 Å².